The Kier molecular flexibility index (Phi) is 2.48. The van der Waals surface area contributed by atoms with Crippen LogP contribution in [0, 0.1) is 0 Å². The number of fused-ring (bicyclic) bond motifs is 1. The first-order valence-electron chi connectivity index (χ1n) is 5.86. The summed E-state index contributed by atoms with van der Waals surface area (Å²) in [5.74, 6) is -0.0277. The van der Waals surface area contributed by atoms with Gasteiger partial charge in [0.25, 0.3) is 0 Å². The maximum absolute atomic E-state index is 12.0. The van der Waals surface area contributed by atoms with Gasteiger partial charge in [0.2, 0.25) is 5.91 Å². The summed E-state index contributed by atoms with van der Waals surface area (Å²) in [5, 5.41) is 3.80. The van der Waals surface area contributed by atoms with Gasteiger partial charge >= 0.3 is 0 Å². The SMILES string of the molecule is C=c1c2ccccc2c(=C)n1C1CCN([S-])C1=O. The predicted octanol–water partition coefficient (Wildman–Crippen LogP) is 0.697. The standard InChI is InChI=1S/C14H13N2OS/c1-9-11-5-3-4-6-12(11)10(2)16(9)13-7-8-15(18)14(13)17/h3-6,13H,1-2,7-8H2/q-1. The molecule has 92 valence electrons. The second kappa shape index (κ2) is 3.92. The molecule has 0 radical (unpaired) electrons. The fourth-order valence-corrected chi connectivity index (χ4v) is 2.89. The minimum Gasteiger partial charge on any atom is -0.664 e. The molecule has 18 heavy (non-hydrogen) atoms. The maximum atomic E-state index is 12.0. The Balaban J connectivity index is 2.28. The van der Waals surface area contributed by atoms with Crippen molar-refractivity contribution in [2.45, 2.75) is 12.5 Å². The Bertz CT molecular complexity index is 687. The van der Waals surface area contributed by atoms with E-state index in [1.165, 1.54) is 4.31 Å². The first kappa shape index (κ1) is 11.4. The van der Waals surface area contributed by atoms with Crippen LogP contribution in [0.25, 0.3) is 23.9 Å². The highest BCUT2D eigenvalue weighted by Crippen LogP contribution is 2.20. The van der Waals surface area contributed by atoms with E-state index in [2.05, 4.69) is 13.2 Å². The molecule has 1 atom stereocenters. The van der Waals surface area contributed by atoms with Crippen LogP contribution in [-0.4, -0.2) is 21.3 Å². The molecule has 1 aliphatic rings. The average Bonchev–Trinajstić information content (AvgIpc) is 2.82. The van der Waals surface area contributed by atoms with Crippen molar-refractivity contribution in [1.82, 2.24) is 8.87 Å². The molecule has 0 saturated carbocycles. The summed E-state index contributed by atoms with van der Waals surface area (Å²) in [6, 6.07) is 7.71. The minimum absolute atomic E-state index is 0.0277. The van der Waals surface area contributed by atoms with Gasteiger partial charge in [0.05, 0.1) is 0 Å². The van der Waals surface area contributed by atoms with Crippen LogP contribution < -0.4 is 10.7 Å². The van der Waals surface area contributed by atoms with Gasteiger partial charge in [-0.15, -0.1) is 0 Å². The highest BCUT2D eigenvalue weighted by atomic mass is 32.1. The number of aromatic nitrogens is 1. The van der Waals surface area contributed by atoms with E-state index in [0.717, 1.165) is 27.9 Å². The molecule has 2 heterocycles. The predicted molar refractivity (Wildman–Crippen MR) is 75.0 cm³/mol. The summed E-state index contributed by atoms with van der Waals surface area (Å²) in [7, 11) is 0. The fourth-order valence-electron chi connectivity index (χ4n) is 2.66. The zero-order valence-corrected chi connectivity index (χ0v) is 10.7. The molecule has 1 amide bonds. The number of amides is 1. The molecular formula is C14H13N2OS-. The zero-order chi connectivity index (χ0) is 12.9. The van der Waals surface area contributed by atoms with Gasteiger partial charge in [0.15, 0.2) is 0 Å². The largest absolute Gasteiger partial charge is 0.664 e. The third-order valence-electron chi connectivity index (χ3n) is 3.58. The lowest BCUT2D eigenvalue weighted by Gasteiger charge is -2.23. The topological polar surface area (TPSA) is 25.2 Å². The second-order valence-electron chi connectivity index (χ2n) is 4.55. The molecule has 1 aliphatic heterocycles. The van der Waals surface area contributed by atoms with Crippen molar-refractivity contribution < 1.29 is 4.79 Å². The summed E-state index contributed by atoms with van der Waals surface area (Å²) in [5.41, 5.74) is 0. The van der Waals surface area contributed by atoms with Crippen molar-refractivity contribution in [1.29, 1.82) is 0 Å². The van der Waals surface area contributed by atoms with E-state index in [0.29, 0.717) is 6.54 Å². The summed E-state index contributed by atoms with van der Waals surface area (Å²) < 4.78 is 3.29. The second-order valence-corrected chi connectivity index (χ2v) is 4.99. The Morgan fingerprint density at radius 3 is 2.17 bits per heavy atom. The number of carbonyl (C=O) groups is 1. The normalized spacial score (nSPS) is 19.9. The molecule has 0 aliphatic carbocycles. The molecule has 0 bridgehead atoms. The Labute approximate surface area is 111 Å². The van der Waals surface area contributed by atoms with Crippen molar-refractivity contribution in [2.75, 3.05) is 6.54 Å². The molecule has 1 aromatic carbocycles. The molecule has 1 saturated heterocycles. The highest BCUT2D eigenvalue weighted by molar-refractivity contribution is 7.56. The third kappa shape index (κ3) is 1.42. The summed E-state index contributed by atoms with van der Waals surface area (Å²) in [4.78, 5) is 12.0. The highest BCUT2D eigenvalue weighted by Gasteiger charge is 2.28. The van der Waals surface area contributed by atoms with Crippen molar-refractivity contribution in [3.63, 3.8) is 0 Å². The number of nitrogens with zero attached hydrogens (tertiary/aromatic N) is 2. The summed E-state index contributed by atoms with van der Waals surface area (Å²) in [6.45, 7) is 8.80. The number of carbonyl (C=O) groups excluding carboxylic acids is 1. The summed E-state index contributed by atoms with van der Waals surface area (Å²) >= 11 is 5.00. The van der Waals surface area contributed by atoms with E-state index in [-0.39, 0.29) is 11.9 Å². The molecule has 2 aromatic rings. The molecule has 1 fully saturated rings. The van der Waals surface area contributed by atoms with Crippen LogP contribution in [0.3, 0.4) is 0 Å². The first-order valence-corrected chi connectivity index (χ1v) is 6.23. The van der Waals surface area contributed by atoms with Crippen molar-refractivity contribution >= 4 is 42.7 Å². The van der Waals surface area contributed by atoms with Crippen molar-refractivity contribution in [2.24, 2.45) is 0 Å². The van der Waals surface area contributed by atoms with Gasteiger partial charge in [-0.25, -0.2) is 0 Å². The zero-order valence-electron chi connectivity index (χ0n) is 9.93. The van der Waals surface area contributed by atoms with Gasteiger partial charge in [-0.3, -0.25) is 4.79 Å². The smallest absolute Gasteiger partial charge is 0.223 e. The molecular weight excluding hydrogens is 244 g/mol. The Morgan fingerprint density at radius 2 is 1.72 bits per heavy atom. The Morgan fingerprint density at radius 1 is 1.17 bits per heavy atom. The van der Waals surface area contributed by atoms with Crippen LogP contribution in [0.2, 0.25) is 0 Å². The van der Waals surface area contributed by atoms with E-state index in [9.17, 15) is 4.79 Å². The quantitative estimate of drug-likeness (QED) is 0.703. The number of hydrogen-bond acceptors (Lipinski definition) is 2. The van der Waals surface area contributed by atoms with Crippen molar-refractivity contribution in [3.8, 4) is 0 Å². The van der Waals surface area contributed by atoms with E-state index < -0.39 is 0 Å². The first-order chi connectivity index (χ1) is 8.61. The molecule has 0 spiro atoms. The van der Waals surface area contributed by atoms with E-state index in [4.69, 9.17) is 12.8 Å². The monoisotopic (exact) mass is 257 g/mol. The van der Waals surface area contributed by atoms with Gasteiger partial charge in [-0.2, -0.15) is 0 Å². The van der Waals surface area contributed by atoms with Crippen LogP contribution >= 0.6 is 0 Å². The maximum Gasteiger partial charge on any atom is 0.223 e. The van der Waals surface area contributed by atoms with E-state index in [1.54, 1.807) is 0 Å². The minimum atomic E-state index is -0.241. The average molecular weight is 257 g/mol. The molecule has 3 nitrogen and oxygen atoms in total. The van der Waals surface area contributed by atoms with Gasteiger partial charge in [-0.05, 0) is 13.0 Å². The van der Waals surface area contributed by atoms with Crippen LogP contribution in [0.15, 0.2) is 24.3 Å². The molecule has 4 heteroatoms. The lowest BCUT2D eigenvalue weighted by Crippen LogP contribution is -2.34. The molecule has 1 aromatic heterocycles. The van der Waals surface area contributed by atoms with Crippen LogP contribution in [0.4, 0.5) is 0 Å². The Hall–Kier alpha value is -1.68. The van der Waals surface area contributed by atoms with Gasteiger partial charge in [0, 0.05) is 21.5 Å². The molecule has 3 rings (SSSR count). The fraction of sp³-hybridized carbons (Fsp3) is 0.214. The number of rotatable bonds is 1. The van der Waals surface area contributed by atoms with Crippen LogP contribution in [0.5, 0.6) is 0 Å². The lowest BCUT2D eigenvalue weighted by molar-refractivity contribution is -0.126. The van der Waals surface area contributed by atoms with Gasteiger partial charge < -0.3 is 21.7 Å². The van der Waals surface area contributed by atoms with E-state index in [1.807, 2.05) is 28.8 Å². The third-order valence-corrected chi connectivity index (χ3v) is 3.94. The van der Waals surface area contributed by atoms with Gasteiger partial charge in [-0.1, -0.05) is 37.4 Å². The lowest BCUT2D eigenvalue weighted by atomic mass is 10.2. The number of hydrogen-bond donors (Lipinski definition) is 0. The van der Waals surface area contributed by atoms with Crippen LogP contribution in [0.1, 0.15) is 12.5 Å². The van der Waals surface area contributed by atoms with E-state index >= 15 is 0 Å². The van der Waals surface area contributed by atoms with Crippen LogP contribution in [-0.2, 0) is 17.6 Å². The molecule has 1 unspecified atom stereocenters. The molecule has 0 N–H and O–H groups in total. The number of benzene rings is 1. The van der Waals surface area contributed by atoms with Gasteiger partial charge in [0.1, 0.15) is 6.04 Å². The van der Waals surface area contributed by atoms with Crippen molar-refractivity contribution in [3.05, 3.63) is 35.0 Å². The summed E-state index contributed by atoms with van der Waals surface area (Å²) in [6.07, 6.45) is 0.731.